The molecule has 1 heterocycles. The van der Waals surface area contributed by atoms with E-state index in [9.17, 15) is 4.79 Å². The number of carbonyl (C=O) groups excluding carboxylic acids is 1. The van der Waals surface area contributed by atoms with Gasteiger partial charge in [0.1, 0.15) is 0 Å². The Bertz CT molecular complexity index is 698. The van der Waals surface area contributed by atoms with Gasteiger partial charge in [-0.25, -0.2) is 9.48 Å². The molecule has 0 saturated carbocycles. The zero-order chi connectivity index (χ0) is 16.9. The van der Waals surface area contributed by atoms with Crippen LogP contribution in [0.3, 0.4) is 0 Å². The summed E-state index contributed by atoms with van der Waals surface area (Å²) in [6.07, 6.45) is 5.17. The summed E-state index contributed by atoms with van der Waals surface area (Å²) in [7, 11) is 1.84. The maximum Gasteiger partial charge on any atom is 0.324 e. The van der Waals surface area contributed by atoms with Gasteiger partial charge in [0.2, 0.25) is 0 Å². The van der Waals surface area contributed by atoms with Gasteiger partial charge in [-0.1, -0.05) is 42.7 Å². The van der Waals surface area contributed by atoms with E-state index in [4.69, 9.17) is 0 Å². The topological polar surface area (TPSA) is 75.9 Å². The van der Waals surface area contributed by atoms with Gasteiger partial charge in [-0.05, 0) is 47.2 Å². The van der Waals surface area contributed by atoms with Crippen LogP contribution in [-0.2, 0) is 13.0 Å². The van der Waals surface area contributed by atoms with Crippen LogP contribution in [0.4, 0.5) is 10.7 Å². The van der Waals surface area contributed by atoms with Crippen molar-refractivity contribution in [2.75, 3.05) is 12.4 Å². The van der Waals surface area contributed by atoms with Crippen molar-refractivity contribution in [1.82, 2.24) is 25.1 Å². The fourth-order valence-corrected chi connectivity index (χ4v) is 3.21. The second-order valence-corrected chi connectivity index (χ2v) is 6.23. The molecule has 24 heavy (non-hydrogen) atoms. The van der Waals surface area contributed by atoms with E-state index in [2.05, 4.69) is 46.0 Å². The van der Waals surface area contributed by atoms with E-state index in [1.54, 1.807) is 9.58 Å². The van der Waals surface area contributed by atoms with Gasteiger partial charge in [-0.3, -0.25) is 5.32 Å². The van der Waals surface area contributed by atoms with Crippen LogP contribution in [0, 0.1) is 0 Å². The summed E-state index contributed by atoms with van der Waals surface area (Å²) in [4.78, 5) is 14.4. The van der Waals surface area contributed by atoms with Crippen molar-refractivity contribution in [3.63, 3.8) is 0 Å². The molecule has 0 fully saturated rings. The van der Waals surface area contributed by atoms with E-state index in [1.165, 1.54) is 11.1 Å². The second-order valence-electron chi connectivity index (χ2n) is 6.23. The summed E-state index contributed by atoms with van der Waals surface area (Å²) < 4.78 is 1.64. The van der Waals surface area contributed by atoms with E-state index in [0.29, 0.717) is 12.5 Å². The number of unbranched alkanes of at least 4 members (excludes halogenated alkanes) is 1. The first-order chi connectivity index (χ1) is 11.7. The number of fused-ring (bicyclic) bond motifs is 1. The highest BCUT2D eigenvalue weighted by Gasteiger charge is 2.27. The fourth-order valence-electron chi connectivity index (χ4n) is 3.21. The van der Waals surface area contributed by atoms with Crippen LogP contribution in [0.5, 0.6) is 0 Å². The zero-order valence-electron chi connectivity index (χ0n) is 14.3. The molecule has 0 spiro atoms. The van der Waals surface area contributed by atoms with Crippen molar-refractivity contribution >= 4 is 12.0 Å². The minimum absolute atomic E-state index is 0.0925. The van der Waals surface area contributed by atoms with E-state index in [-0.39, 0.29) is 12.1 Å². The standard InChI is InChI=1S/C17H24N6O/c1-3-4-12-23-16(19-20-21-23)18-17(24)22(2)15-11-7-9-13-8-5-6-10-14(13)15/h5-6,8,10,15H,3-4,7,9,11-12H2,1-2H3,(H,18,19,21,24). The van der Waals surface area contributed by atoms with Crippen LogP contribution in [-0.4, -0.2) is 38.2 Å². The lowest BCUT2D eigenvalue weighted by molar-refractivity contribution is 0.197. The third-order valence-corrected chi connectivity index (χ3v) is 4.60. The van der Waals surface area contributed by atoms with Crippen molar-refractivity contribution in [2.45, 2.75) is 51.6 Å². The average Bonchev–Trinajstić information content (AvgIpc) is 3.05. The number of hydrogen-bond donors (Lipinski definition) is 1. The molecule has 2 amide bonds. The van der Waals surface area contributed by atoms with Crippen LogP contribution >= 0.6 is 0 Å². The Hall–Kier alpha value is -2.44. The lowest BCUT2D eigenvalue weighted by atomic mass is 9.87. The van der Waals surface area contributed by atoms with Crippen LogP contribution in [0.25, 0.3) is 0 Å². The largest absolute Gasteiger partial charge is 0.324 e. The summed E-state index contributed by atoms with van der Waals surface area (Å²) >= 11 is 0. The number of carbonyl (C=O) groups is 1. The summed E-state index contributed by atoms with van der Waals surface area (Å²) in [5.41, 5.74) is 2.58. The Morgan fingerprint density at radius 3 is 3.08 bits per heavy atom. The molecule has 0 saturated heterocycles. The van der Waals surface area contributed by atoms with Gasteiger partial charge < -0.3 is 4.90 Å². The summed E-state index contributed by atoms with van der Waals surface area (Å²) in [5, 5.41) is 14.4. The highest BCUT2D eigenvalue weighted by molar-refractivity contribution is 5.87. The molecule has 0 bridgehead atoms. The third-order valence-electron chi connectivity index (χ3n) is 4.60. The van der Waals surface area contributed by atoms with Gasteiger partial charge in [0.05, 0.1) is 6.04 Å². The van der Waals surface area contributed by atoms with Gasteiger partial charge in [0.15, 0.2) is 0 Å². The fraction of sp³-hybridized carbons (Fsp3) is 0.529. The zero-order valence-corrected chi connectivity index (χ0v) is 14.3. The van der Waals surface area contributed by atoms with Crippen LogP contribution in [0.2, 0.25) is 0 Å². The minimum Gasteiger partial charge on any atom is -0.320 e. The van der Waals surface area contributed by atoms with Gasteiger partial charge in [-0.15, -0.1) is 0 Å². The third kappa shape index (κ3) is 3.39. The van der Waals surface area contributed by atoms with Crippen molar-refractivity contribution < 1.29 is 4.79 Å². The van der Waals surface area contributed by atoms with Gasteiger partial charge in [0, 0.05) is 13.6 Å². The predicted molar refractivity (Wildman–Crippen MR) is 91.6 cm³/mol. The smallest absolute Gasteiger partial charge is 0.320 e. The number of aryl methyl sites for hydroxylation is 2. The molecule has 1 aromatic heterocycles. The molecule has 1 aromatic carbocycles. The first-order valence-electron chi connectivity index (χ1n) is 8.58. The Balaban J connectivity index is 1.71. The molecular formula is C17H24N6O. The predicted octanol–water partition coefficient (Wildman–Crippen LogP) is 3.01. The van der Waals surface area contributed by atoms with Gasteiger partial charge in [0.25, 0.3) is 5.95 Å². The monoisotopic (exact) mass is 328 g/mol. The van der Waals surface area contributed by atoms with E-state index < -0.39 is 0 Å². The van der Waals surface area contributed by atoms with Gasteiger partial charge >= 0.3 is 6.03 Å². The van der Waals surface area contributed by atoms with Gasteiger partial charge in [-0.2, -0.15) is 0 Å². The van der Waals surface area contributed by atoms with Crippen molar-refractivity contribution in [3.8, 4) is 0 Å². The first-order valence-corrected chi connectivity index (χ1v) is 8.58. The van der Waals surface area contributed by atoms with Crippen molar-refractivity contribution in [2.24, 2.45) is 0 Å². The highest BCUT2D eigenvalue weighted by atomic mass is 16.2. The SMILES string of the molecule is CCCCn1nnnc1NC(=O)N(C)C1CCCc2ccccc21. The maximum atomic E-state index is 12.7. The van der Waals surface area contributed by atoms with Crippen LogP contribution in [0.1, 0.15) is 49.8 Å². The first kappa shape index (κ1) is 16.4. The average molecular weight is 328 g/mol. The maximum absolute atomic E-state index is 12.7. The molecule has 0 radical (unpaired) electrons. The van der Waals surface area contributed by atoms with Crippen LogP contribution < -0.4 is 5.32 Å². The minimum atomic E-state index is -0.177. The van der Waals surface area contributed by atoms with E-state index in [0.717, 1.165) is 32.1 Å². The molecular weight excluding hydrogens is 304 g/mol. The molecule has 1 aliphatic rings. The lowest BCUT2D eigenvalue weighted by Crippen LogP contribution is -2.37. The summed E-state index contributed by atoms with van der Waals surface area (Å²) in [5.74, 6) is 0.407. The number of tetrazole rings is 1. The number of amides is 2. The number of nitrogens with one attached hydrogen (secondary N) is 1. The number of hydrogen-bond acceptors (Lipinski definition) is 4. The molecule has 0 aliphatic heterocycles. The van der Waals surface area contributed by atoms with E-state index >= 15 is 0 Å². The van der Waals surface area contributed by atoms with Crippen molar-refractivity contribution in [1.29, 1.82) is 0 Å². The summed E-state index contributed by atoms with van der Waals surface area (Å²) in [6.45, 7) is 2.81. The Kier molecular flexibility index (Phi) is 5.08. The number of aromatic nitrogens is 4. The quantitative estimate of drug-likeness (QED) is 0.915. The highest BCUT2D eigenvalue weighted by Crippen LogP contribution is 2.33. The molecule has 2 aromatic rings. The molecule has 7 heteroatoms. The normalized spacial score (nSPS) is 16.5. The number of urea groups is 1. The Morgan fingerprint density at radius 2 is 2.25 bits per heavy atom. The lowest BCUT2D eigenvalue weighted by Gasteiger charge is -2.33. The van der Waals surface area contributed by atoms with E-state index in [1.807, 2.05) is 13.1 Å². The van der Waals surface area contributed by atoms with Crippen LogP contribution in [0.15, 0.2) is 24.3 Å². The second kappa shape index (κ2) is 7.42. The molecule has 1 N–H and O–H groups in total. The Morgan fingerprint density at radius 1 is 1.42 bits per heavy atom. The Labute approximate surface area is 142 Å². The van der Waals surface area contributed by atoms with Crippen molar-refractivity contribution in [3.05, 3.63) is 35.4 Å². The molecule has 128 valence electrons. The molecule has 1 unspecified atom stereocenters. The number of anilines is 1. The number of benzene rings is 1. The summed E-state index contributed by atoms with van der Waals surface area (Å²) in [6, 6.07) is 8.28. The molecule has 1 atom stereocenters. The molecule has 3 rings (SSSR count). The molecule has 1 aliphatic carbocycles. The molecule has 7 nitrogen and oxygen atoms in total. The number of nitrogens with zero attached hydrogens (tertiary/aromatic N) is 5. The number of rotatable bonds is 5.